The number of nitrogens with zero attached hydrogens (tertiary/aromatic N) is 2. The monoisotopic (exact) mass is 298 g/mol. The highest BCUT2D eigenvalue weighted by Crippen LogP contribution is 2.30. The van der Waals surface area contributed by atoms with Crippen molar-refractivity contribution in [3.63, 3.8) is 0 Å². The van der Waals surface area contributed by atoms with Gasteiger partial charge in [-0.25, -0.2) is 9.78 Å². The molecule has 2 aromatic rings. The largest absolute Gasteiger partial charge is 0.478 e. The minimum absolute atomic E-state index is 0.0201. The Morgan fingerprint density at radius 2 is 2.11 bits per heavy atom. The summed E-state index contributed by atoms with van der Waals surface area (Å²) in [6.07, 6.45) is 1.18. The lowest BCUT2D eigenvalue weighted by molar-refractivity contribution is 0.0695. The van der Waals surface area contributed by atoms with Crippen molar-refractivity contribution < 1.29 is 14.6 Å². The predicted octanol–water partition coefficient (Wildman–Crippen LogP) is 3.58. The second kappa shape index (κ2) is 5.42. The summed E-state index contributed by atoms with van der Waals surface area (Å²) in [4.78, 5) is 18.6. The number of aromatic carboxylic acids is 1. The van der Waals surface area contributed by atoms with Gasteiger partial charge in [0.1, 0.15) is 5.75 Å². The minimum atomic E-state index is -1.09. The van der Waals surface area contributed by atoms with Gasteiger partial charge < -0.3 is 9.84 Å². The molecule has 5 nitrogen and oxygen atoms in total. The molecule has 19 heavy (non-hydrogen) atoms. The summed E-state index contributed by atoms with van der Waals surface area (Å²) in [5.41, 5.74) is 0.331. The number of hydrogen-bond donors (Lipinski definition) is 1. The van der Waals surface area contributed by atoms with Gasteiger partial charge in [-0.05, 0) is 25.1 Å². The second-order valence-electron chi connectivity index (χ2n) is 3.63. The summed E-state index contributed by atoms with van der Waals surface area (Å²) >= 11 is 11.7. The average Bonchev–Trinajstić information content (AvgIpc) is 2.32. The Hall–Kier alpha value is -1.85. The summed E-state index contributed by atoms with van der Waals surface area (Å²) in [5, 5.41) is 9.66. The summed E-state index contributed by atoms with van der Waals surface area (Å²) in [6.45, 7) is 1.56. The molecule has 0 bridgehead atoms. The molecule has 0 radical (unpaired) electrons. The number of ether oxygens (including phenoxy) is 1. The highest BCUT2D eigenvalue weighted by Gasteiger charge is 2.12. The lowest BCUT2D eigenvalue weighted by atomic mass is 10.2. The molecule has 1 N–H and O–H groups in total. The van der Waals surface area contributed by atoms with E-state index < -0.39 is 5.97 Å². The Morgan fingerprint density at radius 3 is 2.68 bits per heavy atom. The first-order chi connectivity index (χ1) is 8.97. The normalized spacial score (nSPS) is 10.3. The number of carbonyl (C=O) groups is 1. The summed E-state index contributed by atoms with van der Waals surface area (Å²) in [5.74, 6) is -0.748. The molecule has 98 valence electrons. The van der Waals surface area contributed by atoms with Gasteiger partial charge in [-0.2, -0.15) is 4.98 Å². The zero-order valence-corrected chi connectivity index (χ0v) is 11.2. The van der Waals surface area contributed by atoms with Gasteiger partial charge in [0, 0.05) is 11.2 Å². The Morgan fingerprint density at radius 1 is 1.37 bits per heavy atom. The van der Waals surface area contributed by atoms with Gasteiger partial charge in [-0.15, -0.1) is 0 Å². The number of hydrogen-bond acceptors (Lipinski definition) is 4. The Balaban J connectivity index is 2.29. The lowest BCUT2D eigenvalue weighted by Crippen LogP contribution is -2.04. The van der Waals surface area contributed by atoms with Gasteiger partial charge in [-0.3, -0.25) is 0 Å². The van der Waals surface area contributed by atoms with E-state index in [1.165, 1.54) is 12.3 Å². The number of aryl methyl sites for hydroxylation is 1. The van der Waals surface area contributed by atoms with Gasteiger partial charge >= 0.3 is 12.0 Å². The number of rotatable bonds is 3. The standard InChI is InChI=1S/C12H8Cl2N2O3/c1-6-8(11(17)18)5-15-12(16-6)19-10-3-2-7(13)4-9(10)14/h2-5H,1H3,(H,17,18). The summed E-state index contributed by atoms with van der Waals surface area (Å²) < 4.78 is 5.37. The zero-order valence-electron chi connectivity index (χ0n) is 9.72. The molecule has 0 unspecified atom stereocenters. The van der Waals surface area contributed by atoms with E-state index in [1.54, 1.807) is 19.1 Å². The van der Waals surface area contributed by atoms with Crippen molar-refractivity contribution in [3.8, 4) is 11.8 Å². The van der Waals surface area contributed by atoms with Crippen LogP contribution in [0.3, 0.4) is 0 Å². The first-order valence-corrected chi connectivity index (χ1v) is 5.93. The van der Waals surface area contributed by atoms with Crippen LogP contribution >= 0.6 is 23.2 Å². The van der Waals surface area contributed by atoms with E-state index in [1.807, 2.05) is 0 Å². The molecule has 0 spiro atoms. The van der Waals surface area contributed by atoms with Crippen LogP contribution < -0.4 is 4.74 Å². The van der Waals surface area contributed by atoms with Crippen LogP contribution in [0.2, 0.25) is 10.0 Å². The van der Waals surface area contributed by atoms with E-state index in [2.05, 4.69) is 9.97 Å². The first kappa shape index (κ1) is 13.6. The predicted molar refractivity (Wildman–Crippen MR) is 70.3 cm³/mol. The summed E-state index contributed by atoms with van der Waals surface area (Å²) in [7, 11) is 0. The number of aromatic nitrogens is 2. The average molecular weight is 299 g/mol. The fourth-order valence-electron chi connectivity index (χ4n) is 1.36. The molecule has 7 heteroatoms. The number of benzene rings is 1. The van der Waals surface area contributed by atoms with Crippen LogP contribution in [0.15, 0.2) is 24.4 Å². The molecular formula is C12H8Cl2N2O3. The lowest BCUT2D eigenvalue weighted by Gasteiger charge is -2.07. The third kappa shape index (κ3) is 3.13. The highest BCUT2D eigenvalue weighted by molar-refractivity contribution is 6.35. The number of halogens is 2. The van der Waals surface area contributed by atoms with Gasteiger partial charge in [0.2, 0.25) is 0 Å². The van der Waals surface area contributed by atoms with Gasteiger partial charge in [-0.1, -0.05) is 23.2 Å². The Labute approximate surface area is 118 Å². The van der Waals surface area contributed by atoms with E-state index in [9.17, 15) is 4.79 Å². The molecule has 1 aromatic carbocycles. The highest BCUT2D eigenvalue weighted by atomic mass is 35.5. The van der Waals surface area contributed by atoms with Crippen LogP contribution in [0.5, 0.6) is 11.8 Å². The minimum Gasteiger partial charge on any atom is -0.478 e. The quantitative estimate of drug-likeness (QED) is 0.937. The van der Waals surface area contributed by atoms with E-state index in [4.69, 9.17) is 33.0 Å². The van der Waals surface area contributed by atoms with Crippen LogP contribution in [0, 0.1) is 6.92 Å². The van der Waals surface area contributed by atoms with Crippen LogP contribution in [-0.4, -0.2) is 21.0 Å². The van der Waals surface area contributed by atoms with Gasteiger partial charge in [0.25, 0.3) is 0 Å². The smallest absolute Gasteiger partial charge is 0.339 e. The maximum absolute atomic E-state index is 10.8. The number of carboxylic acid groups (broad SMARTS) is 1. The topological polar surface area (TPSA) is 72.3 Å². The fourth-order valence-corrected chi connectivity index (χ4v) is 1.81. The molecule has 1 heterocycles. The molecule has 0 aliphatic heterocycles. The molecule has 0 saturated heterocycles. The van der Waals surface area contributed by atoms with Crippen molar-refractivity contribution >= 4 is 29.2 Å². The molecular weight excluding hydrogens is 291 g/mol. The van der Waals surface area contributed by atoms with Crippen LogP contribution in [0.1, 0.15) is 16.1 Å². The van der Waals surface area contributed by atoms with E-state index in [-0.39, 0.29) is 11.6 Å². The van der Waals surface area contributed by atoms with Gasteiger partial charge in [0.15, 0.2) is 0 Å². The van der Waals surface area contributed by atoms with E-state index in [0.717, 1.165) is 0 Å². The third-order valence-electron chi connectivity index (χ3n) is 2.28. The molecule has 2 rings (SSSR count). The van der Waals surface area contributed by atoms with Crippen molar-refractivity contribution in [1.82, 2.24) is 9.97 Å². The van der Waals surface area contributed by atoms with Crippen LogP contribution in [0.25, 0.3) is 0 Å². The third-order valence-corrected chi connectivity index (χ3v) is 2.81. The fraction of sp³-hybridized carbons (Fsp3) is 0.0833. The van der Waals surface area contributed by atoms with Crippen molar-refractivity contribution in [2.45, 2.75) is 6.92 Å². The molecule has 0 aliphatic carbocycles. The molecule has 0 saturated carbocycles. The molecule has 0 atom stereocenters. The molecule has 0 amide bonds. The molecule has 0 fully saturated rings. The van der Waals surface area contributed by atoms with Crippen LogP contribution in [-0.2, 0) is 0 Å². The zero-order chi connectivity index (χ0) is 14.0. The van der Waals surface area contributed by atoms with Crippen LogP contribution in [0.4, 0.5) is 0 Å². The Bertz CT molecular complexity index is 647. The SMILES string of the molecule is Cc1nc(Oc2ccc(Cl)cc2Cl)ncc1C(=O)O. The maximum atomic E-state index is 10.8. The van der Waals surface area contributed by atoms with E-state index >= 15 is 0 Å². The second-order valence-corrected chi connectivity index (χ2v) is 4.48. The molecule has 0 aliphatic rings. The number of carboxylic acids is 1. The van der Waals surface area contributed by atoms with Crippen molar-refractivity contribution in [3.05, 3.63) is 45.7 Å². The first-order valence-electron chi connectivity index (χ1n) is 5.17. The van der Waals surface area contributed by atoms with E-state index in [0.29, 0.717) is 21.5 Å². The van der Waals surface area contributed by atoms with Crippen molar-refractivity contribution in [1.29, 1.82) is 0 Å². The maximum Gasteiger partial charge on any atom is 0.339 e. The van der Waals surface area contributed by atoms with Crippen molar-refractivity contribution in [2.24, 2.45) is 0 Å². The van der Waals surface area contributed by atoms with Gasteiger partial charge in [0.05, 0.1) is 16.3 Å². The molecule has 1 aromatic heterocycles. The summed E-state index contributed by atoms with van der Waals surface area (Å²) in [6, 6.07) is 4.74. The van der Waals surface area contributed by atoms with Crippen molar-refractivity contribution in [2.75, 3.05) is 0 Å². The Kier molecular flexibility index (Phi) is 3.87.